The fraction of sp³-hybridized carbons (Fsp3) is 0.400. The fourth-order valence-electron chi connectivity index (χ4n) is 1.81. The number of hydrogen-bond acceptors (Lipinski definition) is 3. The van der Waals surface area contributed by atoms with Crippen molar-refractivity contribution in [3.63, 3.8) is 0 Å². The van der Waals surface area contributed by atoms with E-state index in [2.05, 4.69) is 31.0 Å². The Labute approximate surface area is 123 Å². The molecule has 2 aromatic rings. The summed E-state index contributed by atoms with van der Waals surface area (Å²) in [6, 6.07) is 8.26. The molecule has 1 heterocycles. The van der Waals surface area contributed by atoms with Gasteiger partial charge in [0.15, 0.2) is 0 Å². The lowest BCUT2D eigenvalue weighted by molar-refractivity contribution is 0.200. The van der Waals surface area contributed by atoms with Crippen LogP contribution in [0, 0.1) is 0 Å². The molecule has 1 atom stereocenters. The molecule has 0 fully saturated rings. The molecule has 0 aliphatic heterocycles. The van der Waals surface area contributed by atoms with Gasteiger partial charge in [-0.3, -0.25) is 0 Å². The Bertz CT molecular complexity index is 509. The van der Waals surface area contributed by atoms with E-state index in [-0.39, 0.29) is 6.10 Å². The van der Waals surface area contributed by atoms with Crippen LogP contribution >= 0.6 is 22.9 Å². The Morgan fingerprint density at radius 1 is 1.26 bits per heavy atom. The molecular weight excluding hydrogens is 278 g/mol. The summed E-state index contributed by atoms with van der Waals surface area (Å²) in [5, 5.41) is 2.99. The van der Waals surface area contributed by atoms with E-state index < -0.39 is 0 Å². The van der Waals surface area contributed by atoms with Crippen LogP contribution in [0.25, 0.3) is 0 Å². The second kappa shape index (κ2) is 6.92. The molecule has 0 saturated carbocycles. The van der Waals surface area contributed by atoms with E-state index >= 15 is 0 Å². The number of benzene rings is 1. The van der Waals surface area contributed by atoms with Crippen molar-refractivity contribution in [3.8, 4) is 5.75 Å². The molecule has 0 N–H and O–H groups in total. The highest BCUT2D eigenvalue weighted by Gasteiger charge is 2.15. The molecule has 1 aromatic heterocycles. The zero-order chi connectivity index (χ0) is 13.7. The van der Waals surface area contributed by atoms with Crippen LogP contribution in [0.1, 0.15) is 42.6 Å². The van der Waals surface area contributed by atoms with Gasteiger partial charge in [0.1, 0.15) is 16.9 Å². The van der Waals surface area contributed by atoms with Crippen LogP contribution in [0.2, 0.25) is 0 Å². The maximum Gasteiger partial charge on any atom is 0.150 e. The smallest absolute Gasteiger partial charge is 0.150 e. The average molecular weight is 296 g/mol. The molecule has 0 saturated heterocycles. The van der Waals surface area contributed by atoms with E-state index in [1.54, 1.807) is 11.3 Å². The molecule has 0 aliphatic rings. The Kier molecular flexibility index (Phi) is 5.23. The number of halogens is 1. The molecule has 2 rings (SSSR count). The number of aryl methyl sites for hydroxylation is 1. The summed E-state index contributed by atoms with van der Waals surface area (Å²) in [6.07, 6.45) is 1.95. The van der Waals surface area contributed by atoms with Crippen LogP contribution in [0.5, 0.6) is 5.75 Å². The highest BCUT2D eigenvalue weighted by atomic mass is 35.5. The minimum atomic E-state index is 0.00874. The first-order chi connectivity index (χ1) is 9.26. The van der Waals surface area contributed by atoms with Crippen molar-refractivity contribution >= 4 is 22.9 Å². The van der Waals surface area contributed by atoms with Crippen LogP contribution in [-0.2, 0) is 12.3 Å². The van der Waals surface area contributed by atoms with Crippen LogP contribution in [0.3, 0.4) is 0 Å². The van der Waals surface area contributed by atoms with Crippen molar-refractivity contribution in [1.29, 1.82) is 0 Å². The summed E-state index contributed by atoms with van der Waals surface area (Å²) in [6.45, 7) is 4.25. The molecule has 4 heteroatoms. The average Bonchev–Trinajstić information content (AvgIpc) is 2.94. The van der Waals surface area contributed by atoms with E-state index in [1.807, 2.05) is 17.5 Å². The maximum atomic E-state index is 6.01. The first-order valence-electron chi connectivity index (χ1n) is 6.52. The second-order valence-electron chi connectivity index (χ2n) is 4.32. The molecule has 0 amide bonds. The lowest BCUT2D eigenvalue weighted by Crippen LogP contribution is -2.06. The molecule has 0 spiro atoms. The highest BCUT2D eigenvalue weighted by Crippen LogP contribution is 2.27. The van der Waals surface area contributed by atoms with E-state index in [0.29, 0.717) is 5.88 Å². The Morgan fingerprint density at radius 2 is 2.00 bits per heavy atom. The first-order valence-corrected chi connectivity index (χ1v) is 7.94. The second-order valence-corrected chi connectivity index (χ2v) is 5.48. The molecule has 1 unspecified atom stereocenters. The van der Waals surface area contributed by atoms with Crippen molar-refractivity contribution in [2.45, 2.75) is 38.7 Å². The summed E-state index contributed by atoms with van der Waals surface area (Å²) in [4.78, 5) is 4.49. The quantitative estimate of drug-likeness (QED) is 0.702. The van der Waals surface area contributed by atoms with Gasteiger partial charge < -0.3 is 4.74 Å². The summed E-state index contributed by atoms with van der Waals surface area (Å²) >= 11 is 7.40. The van der Waals surface area contributed by atoms with Gasteiger partial charge in [0, 0.05) is 5.38 Å². The number of rotatable bonds is 6. The van der Waals surface area contributed by atoms with Crippen LogP contribution in [-0.4, -0.2) is 4.98 Å². The van der Waals surface area contributed by atoms with Gasteiger partial charge in [0.25, 0.3) is 0 Å². The zero-order valence-electron chi connectivity index (χ0n) is 11.2. The molecule has 1 aromatic carbocycles. The van der Waals surface area contributed by atoms with E-state index in [1.165, 1.54) is 5.56 Å². The minimum absolute atomic E-state index is 0.00874. The van der Waals surface area contributed by atoms with Gasteiger partial charge >= 0.3 is 0 Å². The largest absolute Gasteiger partial charge is 0.483 e. The third-order valence-corrected chi connectivity index (χ3v) is 4.22. The van der Waals surface area contributed by atoms with Crippen LogP contribution < -0.4 is 4.74 Å². The molecule has 0 bridgehead atoms. The van der Waals surface area contributed by atoms with Crippen molar-refractivity contribution in [3.05, 3.63) is 45.9 Å². The first kappa shape index (κ1) is 14.4. The zero-order valence-corrected chi connectivity index (χ0v) is 12.8. The van der Waals surface area contributed by atoms with Gasteiger partial charge in [0.05, 0.1) is 11.6 Å². The van der Waals surface area contributed by atoms with Crippen molar-refractivity contribution in [2.75, 3.05) is 0 Å². The number of alkyl halides is 1. The summed E-state index contributed by atoms with van der Waals surface area (Å²) < 4.78 is 6.01. The van der Waals surface area contributed by atoms with Gasteiger partial charge in [-0.05, 0) is 30.5 Å². The lowest BCUT2D eigenvalue weighted by atomic mass is 10.2. The molecule has 0 radical (unpaired) electrons. The number of ether oxygens (including phenoxy) is 1. The van der Waals surface area contributed by atoms with E-state index in [0.717, 1.165) is 29.3 Å². The van der Waals surface area contributed by atoms with E-state index in [9.17, 15) is 0 Å². The number of nitrogens with zero attached hydrogens (tertiary/aromatic N) is 1. The van der Waals surface area contributed by atoms with E-state index in [4.69, 9.17) is 16.3 Å². The number of aromatic nitrogens is 1. The number of hydrogen-bond donors (Lipinski definition) is 0. The Morgan fingerprint density at radius 3 is 2.53 bits per heavy atom. The number of thiazole rings is 1. The van der Waals surface area contributed by atoms with Crippen LogP contribution in [0.15, 0.2) is 29.6 Å². The Balaban J connectivity index is 2.09. The molecule has 19 heavy (non-hydrogen) atoms. The molecule has 102 valence electrons. The predicted octanol–water partition coefficient (Wildman–Crippen LogP) is 4.97. The Hall–Kier alpha value is -1.06. The monoisotopic (exact) mass is 295 g/mol. The van der Waals surface area contributed by atoms with Gasteiger partial charge in [-0.25, -0.2) is 4.98 Å². The van der Waals surface area contributed by atoms with Gasteiger partial charge in [-0.1, -0.05) is 26.0 Å². The highest BCUT2D eigenvalue weighted by molar-refractivity contribution is 7.09. The topological polar surface area (TPSA) is 22.1 Å². The summed E-state index contributed by atoms with van der Waals surface area (Å²) in [5.41, 5.74) is 2.24. The summed E-state index contributed by atoms with van der Waals surface area (Å²) in [7, 11) is 0. The molecule has 2 nitrogen and oxygen atoms in total. The van der Waals surface area contributed by atoms with Crippen molar-refractivity contribution < 1.29 is 4.74 Å². The van der Waals surface area contributed by atoms with Gasteiger partial charge in [0.2, 0.25) is 0 Å². The SMILES string of the molecule is CCc1ccc(OC(CC)c2nc(CCl)cs2)cc1. The normalized spacial score (nSPS) is 12.4. The maximum absolute atomic E-state index is 6.01. The third-order valence-electron chi connectivity index (χ3n) is 2.96. The fourth-order valence-corrected chi connectivity index (χ4v) is 2.97. The van der Waals surface area contributed by atoms with Gasteiger partial charge in [-0.15, -0.1) is 22.9 Å². The summed E-state index contributed by atoms with van der Waals surface area (Å²) in [5.74, 6) is 1.35. The molecule has 0 aliphatic carbocycles. The third kappa shape index (κ3) is 3.71. The van der Waals surface area contributed by atoms with Crippen molar-refractivity contribution in [2.24, 2.45) is 0 Å². The molecular formula is C15H18ClNOS. The minimum Gasteiger partial charge on any atom is -0.483 e. The predicted molar refractivity (Wildman–Crippen MR) is 81.2 cm³/mol. The lowest BCUT2D eigenvalue weighted by Gasteiger charge is -2.15. The van der Waals surface area contributed by atoms with Gasteiger partial charge in [-0.2, -0.15) is 0 Å². The van der Waals surface area contributed by atoms with Crippen LogP contribution in [0.4, 0.5) is 0 Å². The van der Waals surface area contributed by atoms with Crippen molar-refractivity contribution in [1.82, 2.24) is 4.98 Å². The standard InChI is InChI=1S/C15H18ClNOS/c1-3-11-5-7-13(8-6-11)18-14(4-2)15-17-12(9-16)10-19-15/h5-8,10,14H,3-4,9H2,1-2H3.